The number of anilines is 1. The summed E-state index contributed by atoms with van der Waals surface area (Å²) in [5.41, 5.74) is 3.31. The molecule has 0 unspecified atom stereocenters. The molecular formula is C34H42N6O3. The van der Waals surface area contributed by atoms with Gasteiger partial charge < -0.3 is 25.2 Å². The van der Waals surface area contributed by atoms with Gasteiger partial charge in [-0.2, -0.15) is 0 Å². The average Bonchev–Trinajstić information content (AvgIpc) is 3.54. The number of aromatic nitrogens is 2. The lowest BCUT2D eigenvalue weighted by Crippen LogP contribution is -2.60. The first-order valence-corrected chi connectivity index (χ1v) is 15.8. The molecule has 1 saturated carbocycles. The van der Waals surface area contributed by atoms with Gasteiger partial charge in [-0.3, -0.25) is 9.59 Å². The van der Waals surface area contributed by atoms with E-state index < -0.39 is 5.41 Å². The number of ether oxygens (including phenoxy) is 1. The molecule has 2 atom stereocenters. The van der Waals surface area contributed by atoms with Crippen molar-refractivity contribution in [3.63, 3.8) is 0 Å². The Kier molecular flexibility index (Phi) is 8.61. The molecule has 43 heavy (non-hydrogen) atoms. The van der Waals surface area contributed by atoms with Crippen LogP contribution >= 0.6 is 0 Å². The van der Waals surface area contributed by atoms with Crippen LogP contribution in [-0.2, 0) is 10.2 Å². The third-order valence-electron chi connectivity index (χ3n) is 9.31. The SMILES string of the molecule is CCOc1ncccc1-c1ccc(N2CCN(C(=O)C3(c4ccccc4)CCC3)C[C@H]2CC)c(C(=O)N[C@@H]2CCNC2)n1. The van der Waals surface area contributed by atoms with Crippen molar-refractivity contribution in [2.24, 2.45) is 0 Å². The van der Waals surface area contributed by atoms with Crippen molar-refractivity contribution in [1.82, 2.24) is 25.5 Å². The molecule has 226 valence electrons. The molecule has 4 heterocycles. The van der Waals surface area contributed by atoms with Crippen LogP contribution in [0.5, 0.6) is 5.88 Å². The van der Waals surface area contributed by atoms with Crippen LogP contribution in [0.25, 0.3) is 11.3 Å². The van der Waals surface area contributed by atoms with Gasteiger partial charge in [-0.25, -0.2) is 9.97 Å². The molecule has 1 aromatic carbocycles. The molecular weight excluding hydrogens is 540 g/mol. The molecule has 2 amide bonds. The van der Waals surface area contributed by atoms with E-state index in [9.17, 15) is 9.59 Å². The summed E-state index contributed by atoms with van der Waals surface area (Å²) in [5, 5.41) is 6.53. The molecule has 2 N–H and O–H groups in total. The predicted octanol–water partition coefficient (Wildman–Crippen LogP) is 4.18. The monoisotopic (exact) mass is 582 g/mol. The van der Waals surface area contributed by atoms with Gasteiger partial charge >= 0.3 is 0 Å². The first kappa shape index (κ1) is 29.1. The van der Waals surface area contributed by atoms with Crippen molar-refractivity contribution in [2.75, 3.05) is 44.2 Å². The molecule has 1 aliphatic carbocycles. The molecule has 2 saturated heterocycles. The number of hydrogen-bond acceptors (Lipinski definition) is 7. The molecule has 3 aromatic rings. The molecule has 0 spiro atoms. The van der Waals surface area contributed by atoms with E-state index >= 15 is 0 Å². The summed E-state index contributed by atoms with van der Waals surface area (Å²) in [7, 11) is 0. The lowest BCUT2D eigenvalue weighted by Gasteiger charge is -2.48. The van der Waals surface area contributed by atoms with E-state index in [0.29, 0.717) is 43.5 Å². The molecule has 9 heteroatoms. The summed E-state index contributed by atoms with van der Waals surface area (Å²) < 4.78 is 5.78. The van der Waals surface area contributed by atoms with Gasteiger partial charge in [0.2, 0.25) is 11.8 Å². The number of benzene rings is 1. The maximum Gasteiger partial charge on any atom is 0.272 e. The number of amides is 2. The Labute approximate surface area is 254 Å². The molecule has 6 rings (SSSR count). The van der Waals surface area contributed by atoms with E-state index in [1.54, 1.807) is 6.20 Å². The Bertz CT molecular complexity index is 1440. The van der Waals surface area contributed by atoms with Crippen molar-refractivity contribution >= 4 is 17.5 Å². The third kappa shape index (κ3) is 5.70. The average molecular weight is 583 g/mol. The summed E-state index contributed by atoms with van der Waals surface area (Å²) in [6.07, 6.45) is 6.30. The van der Waals surface area contributed by atoms with Gasteiger partial charge in [0.25, 0.3) is 5.91 Å². The van der Waals surface area contributed by atoms with Gasteiger partial charge in [-0.15, -0.1) is 0 Å². The minimum Gasteiger partial charge on any atom is -0.477 e. The van der Waals surface area contributed by atoms with Gasteiger partial charge in [-0.05, 0) is 69.0 Å². The fourth-order valence-electron chi connectivity index (χ4n) is 6.79. The van der Waals surface area contributed by atoms with Crippen molar-refractivity contribution in [2.45, 2.75) is 63.5 Å². The van der Waals surface area contributed by atoms with Crippen LogP contribution in [-0.4, -0.2) is 78.1 Å². The number of nitrogens with zero attached hydrogens (tertiary/aromatic N) is 4. The van der Waals surface area contributed by atoms with Crippen LogP contribution in [0.15, 0.2) is 60.8 Å². The highest BCUT2D eigenvalue weighted by molar-refractivity contribution is 5.99. The Morgan fingerprint density at radius 3 is 2.60 bits per heavy atom. The van der Waals surface area contributed by atoms with Crippen LogP contribution in [0.4, 0.5) is 5.69 Å². The topological polar surface area (TPSA) is 99.7 Å². The molecule has 3 fully saturated rings. The zero-order chi connectivity index (χ0) is 29.8. The van der Waals surface area contributed by atoms with Crippen LogP contribution in [0.2, 0.25) is 0 Å². The summed E-state index contributed by atoms with van der Waals surface area (Å²) in [6, 6.07) is 18.1. The zero-order valence-corrected chi connectivity index (χ0v) is 25.2. The van der Waals surface area contributed by atoms with Crippen LogP contribution < -0.4 is 20.3 Å². The summed E-state index contributed by atoms with van der Waals surface area (Å²) in [5.74, 6) is 0.556. The minimum atomic E-state index is -0.409. The van der Waals surface area contributed by atoms with Crippen LogP contribution in [0.1, 0.15) is 62.0 Å². The summed E-state index contributed by atoms with van der Waals surface area (Å²) >= 11 is 0. The number of pyridine rings is 2. The predicted molar refractivity (Wildman–Crippen MR) is 167 cm³/mol. The number of carbonyl (C=O) groups is 2. The van der Waals surface area contributed by atoms with E-state index in [0.717, 1.165) is 62.0 Å². The van der Waals surface area contributed by atoms with Crippen molar-refractivity contribution < 1.29 is 14.3 Å². The van der Waals surface area contributed by atoms with Gasteiger partial charge in [0.15, 0.2) is 5.69 Å². The Morgan fingerprint density at radius 1 is 1.07 bits per heavy atom. The molecule has 0 radical (unpaired) electrons. The number of carbonyl (C=O) groups excluding carboxylic acids is 2. The first-order valence-electron chi connectivity index (χ1n) is 15.8. The molecule has 3 aliphatic rings. The van der Waals surface area contributed by atoms with Gasteiger partial charge in [0.1, 0.15) is 0 Å². The highest BCUT2D eigenvalue weighted by Crippen LogP contribution is 2.45. The molecule has 2 aromatic heterocycles. The zero-order valence-electron chi connectivity index (χ0n) is 25.2. The highest BCUT2D eigenvalue weighted by Gasteiger charge is 2.48. The molecule has 2 aliphatic heterocycles. The van der Waals surface area contributed by atoms with Gasteiger partial charge in [0, 0.05) is 44.5 Å². The molecule has 9 nitrogen and oxygen atoms in total. The second-order valence-electron chi connectivity index (χ2n) is 11.8. The van der Waals surface area contributed by atoms with E-state index in [1.165, 1.54) is 0 Å². The number of rotatable bonds is 9. The summed E-state index contributed by atoms with van der Waals surface area (Å²) in [6.45, 7) is 8.06. The largest absolute Gasteiger partial charge is 0.477 e. The van der Waals surface area contributed by atoms with E-state index in [-0.39, 0.29) is 23.9 Å². The lowest BCUT2D eigenvalue weighted by molar-refractivity contribution is -0.141. The van der Waals surface area contributed by atoms with Crippen molar-refractivity contribution in [3.8, 4) is 17.1 Å². The number of piperazine rings is 1. The number of hydrogen-bond donors (Lipinski definition) is 2. The van der Waals surface area contributed by atoms with E-state index in [4.69, 9.17) is 9.72 Å². The van der Waals surface area contributed by atoms with Gasteiger partial charge in [0.05, 0.1) is 29.0 Å². The first-order chi connectivity index (χ1) is 21.0. The maximum absolute atomic E-state index is 14.1. The standard InChI is InChI=1S/C34H42N6O3/c1-3-26-23-39(33(42)34(16-9-17-34)24-10-6-5-7-11-24)20-21-40(26)29-14-13-28(27-12-8-18-36-32(27)43-4-2)38-30(29)31(41)37-25-15-19-35-22-25/h5-8,10-14,18,25-26,35H,3-4,9,15-17,19-23H2,1-2H3,(H,37,41)/t25-,26-/m1/s1. The smallest absolute Gasteiger partial charge is 0.272 e. The second-order valence-corrected chi connectivity index (χ2v) is 11.8. The van der Waals surface area contributed by atoms with E-state index in [2.05, 4.69) is 44.5 Å². The minimum absolute atomic E-state index is 0.0651. The van der Waals surface area contributed by atoms with Crippen LogP contribution in [0.3, 0.4) is 0 Å². The fourth-order valence-corrected chi connectivity index (χ4v) is 6.79. The number of nitrogens with one attached hydrogen (secondary N) is 2. The lowest BCUT2D eigenvalue weighted by atomic mass is 9.63. The third-order valence-corrected chi connectivity index (χ3v) is 9.31. The Hall–Kier alpha value is -3.98. The summed E-state index contributed by atoms with van der Waals surface area (Å²) in [4.78, 5) is 41.6. The quantitative estimate of drug-likeness (QED) is 0.391. The van der Waals surface area contributed by atoms with Crippen molar-refractivity contribution in [3.05, 3.63) is 72.1 Å². The Morgan fingerprint density at radius 2 is 1.91 bits per heavy atom. The molecule has 0 bridgehead atoms. The normalized spacial score (nSPS) is 21.3. The van der Waals surface area contributed by atoms with Crippen molar-refractivity contribution in [1.29, 1.82) is 0 Å². The van der Waals surface area contributed by atoms with Crippen LogP contribution in [0, 0.1) is 0 Å². The van der Waals surface area contributed by atoms with E-state index in [1.807, 2.05) is 49.4 Å². The fraction of sp³-hybridized carbons (Fsp3) is 0.471. The Balaban J connectivity index is 1.30. The maximum atomic E-state index is 14.1. The second kappa shape index (κ2) is 12.7. The van der Waals surface area contributed by atoms with Gasteiger partial charge in [-0.1, -0.05) is 43.7 Å². The highest BCUT2D eigenvalue weighted by atomic mass is 16.5.